The van der Waals surface area contributed by atoms with Gasteiger partial charge in [-0.05, 0) is 54.6 Å². The standard InChI is InChI=1S/C18H17N3O5/c1-11-4-9-16-15(10-11)19-18(20-21(16)23)26-14-7-5-13(6-8-14)25-12(2)17(22)24-3/h4-10,12H,1-3H3. The molecule has 26 heavy (non-hydrogen) atoms. The molecule has 3 aromatic rings. The van der Waals surface area contributed by atoms with Crippen molar-refractivity contribution >= 4 is 17.0 Å². The number of benzene rings is 2. The Kier molecular flexibility index (Phi) is 4.83. The van der Waals surface area contributed by atoms with Crippen LogP contribution in [0.25, 0.3) is 11.0 Å². The van der Waals surface area contributed by atoms with E-state index in [0.29, 0.717) is 27.4 Å². The summed E-state index contributed by atoms with van der Waals surface area (Å²) in [7, 11) is 1.30. The molecule has 0 N–H and O–H groups in total. The second kappa shape index (κ2) is 7.22. The molecule has 0 saturated carbocycles. The smallest absolute Gasteiger partial charge is 0.386 e. The average molecular weight is 355 g/mol. The summed E-state index contributed by atoms with van der Waals surface area (Å²) in [5.41, 5.74) is 1.84. The lowest BCUT2D eigenvalue weighted by molar-refractivity contribution is -0.643. The number of aryl methyl sites for hydroxylation is 1. The van der Waals surface area contributed by atoms with E-state index in [4.69, 9.17) is 9.47 Å². The third-order valence-corrected chi connectivity index (χ3v) is 3.61. The first-order valence-corrected chi connectivity index (χ1v) is 7.87. The van der Waals surface area contributed by atoms with E-state index in [1.165, 1.54) is 7.11 Å². The molecule has 0 fully saturated rings. The van der Waals surface area contributed by atoms with Crippen LogP contribution >= 0.6 is 0 Å². The third-order valence-electron chi connectivity index (χ3n) is 3.61. The Hall–Kier alpha value is -3.42. The van der Waals surface area contributed by atoms with E-state index in [9.17, 15) is 10.0 Å². The molecule has 0 aliphatic carbocycles. The number of hydrogen-bond acceptors (Lipinski definition) is 7. The summed E-state index contributed by atoms with van der Waals surface area (Å²) >= 11 is 0. The van der Waals surface area contributed by atoms with Gasteiger partial charge in [-0.15, -0.1) is 0 Å². The van der Waals surface area contributed by atoms with E-state index >= 15 is 0 Å². The van der Waals surface area contributed by atoms with Gasteiger partial charge >= 0.3 is 12.0 Å². The number of nitrogens with zero attached hydrogens (tertiary/aromatic N) is 3. The van der Waals surface area contributed by atoms with Crippen LogP contribution in [0.1, 0.15) is 12.5 Å². The molecule has 0 aliphatic heterocycles. The van der Waals surface area contributed by atoms with Gasteiger partial charge in [0.05, 0.1) is 12.2 Å². The largest absolute Gasteiger partial charge is 0.594 e. The monoisotopic (exact) mass is 355 g/mol. The molecular weight excluding hydrogens is 338 g/mol. The van der Waals surface area contributed by atoms with Gasteiger partial charge in [0.15, 0.2) is 6.10 Å². The number of aromatic nitrogens is 3. The zero-order valence-electron chi connectivity index (χ0n) is 14.5. The Morgan fingerprint density at radius 1 is 1.15 bits per heavy atom. The van der Waals surface area contributed by atoms with E-state index in [0.717, 1.165) is 5.56 Å². The van der Waals surface area contributed by atoms with E-state index < -0.39 is 12.1 Å². The lowest BCUT2D eigenvalue weighted by atomic mass is 10.2. The lowest BCUT2D eigenvalue weighted by Gasteiger charge is -2.12. The van der Waals surface area contributed by atoms with Gasteiger partial charge in [-0.25, -0.2) is 4.79 Å². The normalized spacial score (nSPS) is 11.8. The molecule has 3 rings (SSSR count). The van der Waals surface area contributed by atoms with Crippen LogP contribution in [0.3, 0.4) is 0 Å². The average Bonchev–Trinajstić information content (AvgIpc) is 2.62. The number of rotatable bonds is 5. The van der Waals surface area contributed by atoms with E-state index in [1.54, 1.807) is 43.3 Å². The van der Waals surface area contributed by atoms with Gasteiger partial charge in [-0.3, -0.25) is 0 Å². The number of fused-ring (bicyclic) bond motifs is 1. The van der Waals surface area contributed by atoms with Gasteiger partial charge < -0.3 is 19.4 Å². The first-order valence-electron chi connectivity index (χ1n) is 7.87. The van der Waals surface area contributed by atoms with Crippen molar-refractivity contribution in [2.75, 3.05) is 7.11 Å². The maximum atomic E-state index is 12.0. The molecule has 2 aromatic carbocycles. The second-order valence-corrected chi connectivity index (χ2v) is 5.62. The van der Waals surface area contributed by atoms with Crippen LogP contribution in [-0.4, -0.2) is 29.3 Å². The fraction of sp³-hybridized carbons (Fsp3) is 0.222. The van der Waals surface area contributed by atoms with Crippen molar-refractivity contribution in [3.05, 3.63) is 53.2 Å². The fourth-order valence-electron chi connectivity index (χ4n) is 2.29. The second-order valence-electron chi connectivity index (χ2n) is 5.62. The molecule has 0 spiro atoms. The van der Waals surface area contributed by atoms with E-state index in [2.05, 4.69) is 14.8 Å². The molecule has 134 valence electrons. The van der Waals surface area contributed by atoms with Gasteiger partial charge in [-0.1, -0.05) is 6.07 Å². The summed E-state index contributed by atoms with van der Waals surface area (Å²) in [6, 6.07) is 11.7. The molecule has 0 bridgehead atoms. The SMILES string of the molecule is COC(=O)C(C)Oc1ccc(Oc2nc3cc(C)ccc3[n+]([O-])n2)cc1. The first-order chi connectivity index (χ1) is 12.5. The van der Waals surface area contributed by atoms with Crippen molar-refractivity contribution in [3.63, 3.8) is 0 Å². The van der Waals surface area contributed by atoms with Crippen molar-refractivity contribution < 1.29 is 23.9 Å². The highest BCUT2D eigenvalue weighted by molar-refractivity contribution is 5.74. The van der Waals surface area contributed by atoms with Gasteiger partial charge in [0.1, 0.15) is 17.0 Å². The van der Waals surface area contributed by atoms with Crippen LogP contribution < -0.4 is 14.3 Å². The lowest BCUT2D eigenvalue weighted by Crippen LogP contribution is -2.32. The van der Waals surface area contributed by atoms with Gasteiger partial charge in [0, 0.05) is 6.07 Å². The summed E-state index contributed by atoms with van der Waals surface area (Å²) in [5, 5.41) is 15.8. The van der Waals surface area contributed by atoms with Crippen LogP contribution in [0.15, 0.2) is 42.5 Å². The quantitative estimate of drug-likeness (QED) is 0.393. The Morgan fingerprint density at radius 3 is 2.54 bits per heavy atom. The Balaban J connectivity index is 1.77. The molecular formula is C18H17N3O5. The highest BCUT2D eigenvalue weighted by Gasteiger charge is 2.15. The summed E-state index contributed by atoms with van der Waals surface area (Å²) in [6.07, 6.45) is -0.724. The minimum atomic E-state index is -0.724. The van der Waals surface area contributed by atoms with E-state index in [1.807, 2.05) is 13.0 Å². The molecule has 1 atom stereocenters. The summed E-state index contributed by atoms with van der Waals surface area (Å²) in [5.74, 6) is 0.435. The van der Waals surface area contributed by atoms with Gasteiger partial charge in [-0.2, -0.15) is 4.98 Å². The summed E-state index contributed by atoms with van der Waals surface area (Å²) in [4.78, 5) is 16.1. The zero-order chi connectivity index (χ0) is 18.7. The predicted molar refractivity (Wildman–Crippen MR) is 91.9 cm³/mol. The van der Waals surface area contributed by atoms with Gasteiger partial charge in [0.2, 0.25) is 0 Å². The van der Waals surface area contributed by atoms with Crippen LogP contribution in [0.5, 0.6) is 17.5 Å². The number of esters is 1. The zero-order valence-corrected chi connectivity index (χ0v) is 14.5. The molecule has 1 unspecified atom stereocenters. The maximum absolute atomic E-state index is 12.0. The molecule has 0 amide bonds. The van der Waals surface area contributed by atoms with Crippen LogP contribution in [0, 0.1) is 12.1 Å². The molecule has 0 radical (unpaired) electrons. The number of methoxy groups -OCH3 is 1. The minimum absolute atomic E-state index is 0.0605. The number of ether oxygens (including phenoxy) is 3. The molecule has 1 aromatic heterocycles. The Bertz CT molecular complexity index is 943. The first kappa shape index (κ1) is 17.4. The van der Waals surface area contributed by atoms with Crippen molar-refractivity contribution in [2.45, 2.75) is 20.0 Å². The van der Waals surface area contributed by atoms with Crippen LogP contribution in [0.2, 0.25) is 0 Å². The highest BCUT2D eigenvalue weighted by Crippen LogP contribution is 2.22. The molecule has 8 nitrogen and oxygen atoms in total. The van der Waals surface area contributed by atoms with Crippen molar-refractivity contribution in [1.82, 2.24) is 10.1 Å². The van der Waals surface area contributed by atoms with Crippen molar-refractivity contribution in [3.8, 4) is 17.5 Å². The van der Waals surface area contributed by atoms with Crippen LogP contribution in [-0.2, 0) is 9.53 Å². The fourth-order valence-corrected chi connectivity index (χ4v) is 2.29. The highest BCUT2D eigenvalue weighted by atomic mass is 16.6. The summed E-state index contributed by atoms with van der Waals surface area (Å²) in [6.45, 7) is 3.50. The third kappa shape index (κ3) is 3.80. The predicted octanol–water partition coefficient (Wildman–Crippen LogP) is 2.30. The van der Waals surface area contributed by atoms with Crippen LogP contribution in [0.4, 0.5) is 0 Å². The maximum Gasteiger partial charge on any atom is 0.386 e. The van der Waals surface area contributed by atoms with E-state index in [-0.39, 0.29) is 6.01 Å². The number of carbonyl (C=O) groups excluding carboxylic acids is 1. The molecule has 8 heteroatoms. The molecule has 0 aliphatic rings. The molecule has 1 heterocycles. The molecule has 0 saturated heterocycles. The van der Waals surface area contributed by atoms with Crippen molar-refractivity contribution in [2.24, 2.45) is 0 Å². The van der Waals surface area contributed by atoms with Gasteiger partial charge in [0.25, 0.3) is 5.52 Å². The Morgan fingerprint density at radius 2 is 1.85 bits per heavy atom. The minimum Gasteiger partial charge on any atom is -0.594 e. The van der Waals surface area contributed by atoms with Crippen molar-refractivity contribution in [1.29, 1.82) is 0 Å². The topological polar surface area (TPSA) is 97.5 Å². The number of carbonyl (C=O) groups is 1. The summed E-state index contributed by atoms with van der Waals surface area (Å²) < 4.78 is 15.6. The Labute approximate surface area is 149 Å². The number of hydrogen-bond donors (Lipinski definition) is 0.